The third-order valence-corrected chi connectivity index (χ3v) is 7.53. The van der Waals surface area contributed by atoms with Crippen molar-refractivity contribution in [1.82, 2.24) is 5.32 Å². The molecule has 1 heterocycles. The van der Waals surface area contributed by atoms with Gasteiger partial charge in [0.05, 0.1) is 18.8 Å². The van der Waals surface area contributed by atoms with E-state index in [0.717, 1.165) is 46.6 Å². The van der Waals surface area contributed by atoms with Gasteiger partial charge in [0.15, 0.2) is 0 Å². The minimum atomic E-state index is -0.433. The van der Waals surface area contributed by atoms with E-state index in [1.807, 2.05) is 61.5 Å². The van der Waals surface area contributed by atoms with Crippen LogP contribution in [0.1, 0.15) is 46.9 Å². The molecule has 37 heavy (non-hydrogen) atoms. The largest absolute Gasteiger partial charge is 0.494 e. The number of para-hydroxylation sites is 1. The zero-order valence-electron chi connectivity index (χ0n) is 20.9. The summed E-state index contributed by atoms with van der Waals surface area (Å²) >= 11 is 1.46. The molecule has 0 saturated carbocycles. The van der Waals surface area contributed by atoms with Gasteiger partial charge >= 0.3 is 6.09 Å². The highest BCUT2D eigenvalue weighted by molar-refractivity contribution is 7.16. The van der Waals surface area contributed by atoms with Crippen LogP contribution < -0.4 is 15.4 Å². The Morgan fingerprint density at radius 1 is 1.14 bits per heavy atom. The number of amides is 2. The van der Waals surface area contributed by atoms with E-state index in [1.54, 1.807) is 0 Å². The van der Waals surface area contributed by atoms with Crippen LogP contribution in [0.5, 0.6) is 5.75 Å². The molecule has 3 aromatic rings. The average molecular weight is 518 g/mol. The Labute approximate surface area is 221 Å². The summed E-state index contributed by atoms with van der Waals surface area (Å²) in [5.41, 5.74) is 3.57. The molecule has 1 unspecified atom stereocenters. The molecule has 2 amide bonds. The van der Waals surface area contributed by atoms with Crippen molar-refractivity contribution in [2.45, 2.75) is 45.6 Å². The van der Waals surface area contributed by atoms with E-state index in [9.17, 15) is 14.9 Å². The van der Waals surface area contributed by atoms with Gasteiger partial charge in [0.25, 0.3) is 0 Å². The summed E-state index contributed by atoms with van der Waals surface area (Å²) in [5.74, 6) is 0.847. The molecule has 1 aliphatic rings. The summed E-state index contributed by atoms with van der Waals surface area (Å²) in [7, 11) is 0. The monoisotopic (exact) mass is 517 g/mol. The van der Waals surface area contributed by atoms with Crippen LogP contribution in [-0.4, -0.2) is 25.2 Å². The summed E-state index contributed by atoms with van der Waals surface area (Å²) < 4.78 is 11.1. The van der Waals surface area contributed by atoms with Gasteiger partial charge in [0.2, 0.25) is 5.91 Å². The standard InChI is InChI=1S/C29H31N3O4S/c1-2-35-25-11-7-6-10-22(25)13-15-27(33)32-28-24(17-30)23-14-12-21(16-26(23)37-28)19-36-29(34)31-18-20-8-4-3-5-9-20/h3-11,21H,2,12-16,18-19H2,1H3,(H,31,34)(H,32,33). The number of ether oxygens (including phenoxy) is 2. The number of carbonyl (C=O) groups is 2. The Hall–Kier alpha value is -3.83. The predicted octanol–water partition coefficient (Wildman–Crippen LogP) is 5.62. The van der Waals surface area contributed by atoms with Crippen LogP contribution in [0, 0.1) is 17.2 Å². The molecule has 2 aromatic carbocycles. The Balaban J connectivity index is 1.29. The van der Waals surface area contributed by atoms with Crippen LogP contribution in [0.2, 0.25) is 0 Å². The van der Waals surface area contributed by atoms with Crippen molar-refractivity contribution >= 4 is 28.3 Å². The zero-order chi connectivity index (χ0) is 26.0. The van der Waals surface area contributed by atoms with Gasteiger partial charge in [-0.2, -0.15) is 5.26 Å². The van der Waals surface area contributed by atoms with Crippen molar-refractivity contribution in [2.75, 3.05) is 18.5 Å². The van der Waals surface area contributed by atoms with Crippen molar-refractivity contribution in [3.05, 3.63) is 81.7 Å². The molecule has 7 nitrogen and oxygen atoms in total. The first-order valence-corrected chi connectivity index (χ1v) is 13.4. The summed E-state index contributed by atoms with van der Waals surface area (Å²) in [4.78, 5) is 25.9. The van der Waals surface area contributed by atoms with E-state index in [2.05, 4.69) is 16.7 Å². The lowest BCUT2D eigenvalue weighted by molar-refractivity contribution is -0.116. The minimum absolute atomic E-state index is 0.128. The highest BCUT2D eigenvalue weighted by Gasteiger charge is 2.27. The number of benzene rings is 2. The lowest BCUT2D eigenvalue weighted by Crippen LogP contribution is -2.27. The number of nitrogens with zero attached hydrogens (tertiary/aromatic N) is 1. The van der Waals surface area contributed by atoms with E-state index in [-0.39, 0.29) is 11.8 Å². The maximum Gasteiger partial charge on any atom is 0.407 e. The second-order valence-corrected chi connectivity index (χ2v) is 10.1. The van der Waals surface area contributed by atoms with Gasteiger partial charge in [0.1, 0.15) is 16.8 Å². The van der Waals surface area contributed by atoms with Crippen LogP contribution in [0.3, 0.4) is 0 Å². The van der Waals surface area contributed by atoms with Gasteiger partial charge < -0.3 is 20.1 Å². The number of thiophene rings is 1. The number of anilines is 1. The SMILES string of the molecule is CCOc1ccccc1CCC(=O)Nc1sc2c(c1C#N)CCC(COC(=O)NCc1ccccc1)C2. The molecule has 0 spiro atoms. The lowest BCUT2D eigenvalue weighted by Gasteiger charge is -2.21. The number of carbonyl (C=O) groups excluding carboxylic acids is 2. The Morgan fingerprint density at radius 3 is 2.70 bits per heavy atom. The molecule has 1 aliphatic carbocycles. The molecule has 0 aliphatic heterocycles. The minimum Gasteiger partial charge on any atom is -0.494 e. The second kappa shape index (κ2) is 12.9. The molecule has 0 bridgehead atoms. The number of hydrogen-bond acceptors (Lipinski definition) is 6. The number of aryl methyl sites for hydroxylation is 1. The molecule has 0 saturated heterocycles. The molecule has 192 valence electrons. The maximum atomic E-state index is 12.7. The van der Waals surface area contributed by atoms with Crippen LogP contribution in [0.15, 0.2) is 54.6 Å². The quantitative estimate of drug-likeness (QED) is 0.363. The fourth-order valence-corrected chi connectivity index (χ4v) is 5.79. The summed E-state index contributed by atoms with van der Waals surface area (Å²) in [6.07, 6.45) is 2.70. The molecule has 0 radical (unpaired) electrons. The molecular weight excluding hydrogens is 486 g/mol. The van der Waals surface area contributed by atoms with E-state index in [4.69, 9.17) is 9.47 Å². The molecule has 0 fully saturated rings. The fraction of sp³-hybridized carbons (Fsp3) is 0.345. The maximum absolute atomic E-state index is 12.7. The van der Waals surface area contributed by atoms with Crippen LogP contribution in [0.25, 0.3) is 0 Å². The molecular formula is C29H31N3O4S. The molecule has 8 heteroatoms. The van der Waals surface area contributed by atoms with Crippen molar-refractivity contribution in [3.8, 4) is 11.8 Å². The lowest BCUT2D eigenvalue weighted by atomic mass is 9.88. The van der Waals surface area contributed by atoms with Gasteiger partial charge in [-0.05, 0) is 61.3 Å². The zero-order valence-corrected chi connectivity index (χ0v) is 21.7. The second-order valence-electron chi connectivity index (χ2n) is 8.96. The van der Waals surface area contributed by atoms with Gasteiger partial charge in [-0.1, -0.05) is 48.5 Å². The van der Waals surface area contributed by atoms with Crippen LogP contribution in [-0.2, 0) is 35.3 Å². The fourth-order valence-electron chi connectivity index (χ4n) is 4.46. The van der Waals surface area contributed by atoms with Gasteiger partial charge in [-0.25, -0.2) is 4.79 Å². The van der Waals surface area contributed by atoms with Gasteiger partial charge in [-0.3, -0.25) is 4.79 Å². The summed E-state index contributed by atoms with van der Waals surface area (Å²) in [6, 6.07) is 19.7. The first kappa shape index (κ1) is 26.2. The summed E-state index contributed by atoms with van der Waals surface area (Å²) in [5, 5.41) is 16.1. The normalized spacial score (nSPS) is 14.2. The summed E-state index contributed by atoms with van der Waals surface area (Å²) in [6.45, 7) is 3.24. The van der Waals surface area contributed by atoms with E-state index < -0.39 is 6.09 Å². The third kappa shape index (κ3) is 7.11. The molecule has 1 aromatic heterocycles. The number of alkyl carbamates (subject to hydrolysis) is 1. The number of nitriles is 1. The molecule has 2 N–H and O–H groups in total. The number of rotatable bonds is 10. The van der Waals surface area contributed by atoms with Crippen molar-refractivity contribution in [3.63, 3.8) is 0 Å². The molecule has 4 rings (SSSR count). The average Bonchev–Trinajstić information content (AvgIpc) is 3.27. The van der Waals surface area contributed by atoms with Crippen LogP contribution in [0.4, 0.5) is 9.80 Å². The van der Waals surface area contributed by atoms with Crippen LogP contribution >= 0.6 is 11.3 Å². The topological polar surface area (TPSA) is 100 Å². The van der Waals surface area contributed by atoms with Gasteiger partial charge in [-0.15, -0.1) is 11.3 Å². The number of nitrogens with one attached hydrogen (secondary N) is 2. The van der Waals surface area contributed by atoms with E-state index >= 15 is 0 Å². The Bertz CT molecular complexity index is 1270. The number of hydrogen-bond donors (Lipinski definition) is 2. The Morgan fingerprint density at radius 2 is 1.92 bits per heavy atom. The van der Waals surface area contributed by atoms with E-state index in [1.165, 1.54) is 11.3 Å². The van der Waals surface area contributed by atoms with Gasteiger partial charge in [0, 0.05) is 17.8 Å². The highest BCUT2D eigenvalue weighted by Crippen LogP contribution is 2.39. The van der Waals surface area contributed by atoms with E-state index in [0.29, 0.717) is 43.2 Å². The van der Waals surface area contributed by atoms with Crippen molar-refractivity contribution in [1.29, 1.82) is 5.26 Å². The first-order valence-electron chi connectivity index (χ1n) is 12.6. The molecule has 1 atom stereocenters. The van der Waals surface area contributed by atoms with Crippen molar-refractivity contribution in [2.24, 2.45) is 5.92 Å². The third-order valence-electron chi connectivity index (χ3n) is 6.36. The number of fused-ring (bicyclic) bond motifs is 1. The predicted molar refractivity (Wildman–Crippen MR) is 144 cm³/mol. The Kier molecular flexibility index (Phi) is 9.17. The smallest absolute Gasteiger partial charge is 0.407 e. The van der Waals surface area contributed by atoms with Crippen molar-refractivity contribution < 1.29 is 19.1 Å². The first-order chi connectivity index (χ1) is 18.1. The highest BCUT2D eigenvalue weighted by atomic mass is 32.1.